The lowest BCUT2D eigenvalue weighted by Crippen LogP contribution is -2.28. The molecule has 0 fully saturated rings. The summed E-state index contributed by atoms with van der Waals surface area (Å²) < 4.78 is 6.04. The molecule has 0 amide bonds. The third-order valence-electron chi connectivity index (χ3n) is 3.64. The third kappa shape index (κ3) is 2.16. The van der Waals surface area contributed by atoms with E-state index >= 15 is 0 Å². The van der Waals surface area contributed by atoms with E-state index in [1.165, 1.54) is 10.4 Å². The van der Waals surface area contributed by atoms with Gasteiger partial charge < -0.3 is 4.42 Å². The van der Waals surface area contributed by atoms with Gasteiger partial charge in [0.15, 0.2) is 0 Å². The zero-order chi connectivity index (χ0) is 14.1. The number of thiophene rings is 1. The van der Waals surface area contributed by atoms with Gasteiger partial charge in [-0.1, -0.05) is 25.1 Å². The summed E-state index contributed by atoms with van der Waals surface area (Å²) in [5.41, 5.74) is 6.29. The fourth-order valence-electron chi connectivity index (χ4n) is 2.55. The minimum Gasteiger partial charge on any atom is -0.459 e. The number of furan rings is 1. The van der Waals surface area contributed by atoms with Gasteiger partial charge in [0.2, 0.25) is 0 Å². The molecule has 0 saturated heterocycles. The number of aryl methyl sites for hydroxylation is 2. The van der Waals surface area contributed by atoms with Crippen LogP contribution in [0.2, 0.25) is 0 Å². The molecule has 4 heteroatoms. The van der Waals surface area contributed by atoms with Crippen LogP contribution in [0.5, 0.6) is 0 Å². The fourth-order valence-corrected chi connectivity index (χ4v) is 3.61. The van der Waals surface area contributed by atoms with Gasteiger partial charge in [-0.3, -0.25) is 5.84 Å². The summed E-state index contributed by atoms with van der Waals surface area (Å²) in [7, 11) is 0. The molecule has 0 radical (unpaired) electrons. The highest BCUT2D eigenvalue weighted by Crippen LogP contribution is 2.33. The summed E-state index contributed by atoms with van der Waals surface area (Å²) in [6, 6.07) is 10.3. The van der Waals surface area contributed by atoms with E-state index in [4.69, 9.17) is 10.3 Å². The number of nitrogens with one attached hydrogen (secondary N) is 1. The zero-order valence-electron chi connectivity index (χ0n) is 11.6. The van der Waals surface area contributed by atoms with Crippen molar-refractivity contribution in [2.24, 2.45) is 5.84 Å². The molecule has 104 valence electrons. The number of hydrogen-bond acceptors (Lipinski definition) is 4. The first kappa shape index (κ1) is 13.4. The summed E-state index contributed by atoms with van der Waals surface area (Å²) >= 11 is 1.71. The molecule has 0 saturated carbocycles. The first-order valence-corrected chi connectivity index (χ1v) is 7.64. The summed E-state index contributed by atoms with van der Waals surface area (Å²) in [6.07, 6.45) is 0.996. The van der Waals surface area contributed by atoms with Crippen LogP contribution in [0.4, 0.5) is 0 Å². The standard InChI is InChI=1S/C16H18N2OS/c1-3-11-7-8-20-16(11)14(18-17)13-9-12-6-4-5-10(2)15(12)19-13/h4-9,14,18H,3,17H2,1-2H3. The van der Waals surface area contributed by atoms with E-state index in [9.17, 15) is 0 Å². The molecule has 1 unspecified atom stereocenters. The molecule has 1 aromatic carbocycles. The first-order valence-electron chi connectivity index (χ1n) is 6.76. The molecular formula is C16H18N2OS. The molecule has 3 aromatic rings. The number of benzene rings is 1. The Balaban J connectivity index is 2.10. The molecule has 2 heterocycles. The molecule has 20 heavy (non-hydrogen) atoms. The molecule has 0 aliphatic carbocycles. The van der Waals surface area contributed by atoms with Crippen molar-refractivity contribution in [3.05, 3.63) is 57.5 Å². The second-order valence-electron chi connectivity index (χ2n) is 4.91. The Hall–Kier alpha value is -1.62. The van der Waals surface area contributed by atoms with Crippen molar-refractivity contribution in [1.29, 1.82) is 0 Å². The highest BCUT2D eigenvalue weighted by molar-refractivity contribution is 7.10. The Kier molecular flexibility index (Phi) is 3.61. The van der Waals surface area contributed by atoms with Gasteiger partial charge >= 0.3 is 0 Å². The van der Waals surface area contributed by atoms with Crippen molar-refractivity contribution in [2.75, 3.05) is 0 Å². The second kappa shape index (κ2) is 5.40. The van der Waals surface area contributed by atoms with Crippen LogP contribution in [0.1, 0.15) is 34.7 Å². The summed E-state index contributed by atoms with van der Waals surface area (Å²) in [4.78, 5) is 1.23. The molecule has 0 aliphatic rings. The average molecular weight is 286 g/mol. The maximum Gasteiger partial charge on any atom is 0.137 e. The van der Waals surface area contributed by atoms with Crippen LogP contribution < -0.4 is 11.3 Å². The molecule has 0 spiro atoms. The number of hydrogen-bond donors (Lipinski definition) is 2. The predicted molar refractivity (Wildman–Crippen MR) is 83.8 cm³/mol. The van der Waals surface area contributed by atoms with Gasteiger partial charge in [-0.25, -0.2) is 5.43 Å². The number of fused-ring (bicyclic) bond motifs is 1. The average Bonchev–Trinajstić information content (AvgIpc) is 3.07. The van der Waals surface area contributed by atoms with Gasteiger partial charge in [-0.05, 0) is 42.0 Å². The molecule has 3 nitrogen and oxygen atoms in total. The lowest BCUT2D eigenvalue weighted by molar-refractivity contribution is 0.479. The van der Waals surface area contributed by atoms with Crippen molar-refractivity contribution in [3.8, 4) is 0 Å². The SMILES string of the molecule is CCc1ccsc1C(NN)c1cc2cccc(C)c2o1. The number of rotatable bonds is 4. The van der Waals surface area contributed by atoms with Crippen molar-refractivity contribution >= 4 is 22.3 Å². The Labute approximate surface area is 122 Å². The minimum absolute atomic E-state index is 0.0863. The molecular weight excluding hydrogens is 268 g/mol. The van der Waals surface area contributed by atoms with Gasteiger partial charge in [0.25, 0.3) is 0 Å². The summed E-state index contributed by atoms with van der Waals surface area (Å²) in [6.45, 7) is 4.21. The monoisotopic (exact) mass is 286 g/mol. The topological polar surface area (TPSA) is 51.2 Å². The maximum absolute atomic E-state index is 6.04. The van der Waals surface area contributed by atoms with Gasteiger partial charge in [-0.2, -0.15) is 0 Å². The van der Waals surface area contributed by atoms with E-state index in [1.807, 2.05) is 6.07 Å². The van der Waals surface area contributed by atoms with Crippen LogP contribution in [-0.2, 0) is 6.42 Å². The zero-order valence-corrected chi connectivity index (χ0v) is 12.5. The lowest BCUT2D eigenvalue weighted by atomic mass is 10.1. The van der Waals surface area contributed by atoms with Crippen molar-refractivity contribution in [3.63, 3.8) is 0 Å². The van der Waals surface area contributed by atoms with E-state index in [0.717, 1.165) is 28.7 Å². The Morgan fingerprint density at radius 1 is 1.35 bits per heavy atom. The Morgan fingerprint density at radius 2 is 2.20 bits per heavy atom. The van der Waals surface area contributed by atoms with E-state index in [0.29, 0.717) is 0 Å². The molecule has 3 rings (SSSR count). The normalized spacial score (nSPS) is 12.9. The minimum atomic E-state index is -0.0863. The second-order valence-corrected chi connectivity index (χ2v) is 5.85. The van der Waals surface area contributed by atoms with Gasteiger partial charge in [0.05, 0.1) is 0 Å². The number of para-hydroxylation sites is 1. The fraction of sp³-hybridized carbons (Fsp3) is 0.250. The summed E-state index contributed by atoms with van der Waals surface area (Å²) in [5.74, 6) is 6.65. The van der Waals surface area contributed by atoms with Crippen molar-refractivity contribution in [2.45, 2.75) is 26.3 Å². The van der Waals surface area contributed by atoms with Gasteiger partial charge in [-0.15, -0.1) is 11.3 Å². The molecule has 3 N–H and O–H groups in total. The van der Waals surface area contributed by atoms with Crippen LogP contribution in [0, 0.1) is 6.92 Å². The molecule has 1 atom stereocenters. The molecule has 2 aromatic heterocycles. The lowest BCUT2D eigenvalue weighted by Gasteiger charge is -2.13. The smallest absolute Gasteiger partial charge is 0.137 e. The highest BCUT2D eigenvalue weighted by atomic mass is 32.1. The number of hydrazine groups is 1. The van der Waals surface area contributed by atoms with Crippen LogP contribution in [0.25, 0.3) is 11.0 Å². The predicted octanol–water partition coefficient (Wildman–Crippen LogP) is 3.92. The quantitative estimate of drug-likeness (QED) is 0.564. The third-order valence-corrected chi connectivity index (χ3v) is 4.66. The van der Waals surface area contributed by atoms with Crippen molar-refractivity contribution < 1.29 is 4.42 Å². The van der Waals surface area contributed by atoms with Crippen molar-refractivity contribution in [1.82, 2.24) is 5.43 Å². The Bertz CT molecular complexity index is 729. The Morgan fingerprint density at radius 3 is 2.90 bits per heavy atom. The maximum atomic E-state index is 6.04. The van der Waals surface area contributed by atoms with E-state index in [1.54, 1.807) is 11.3 Å². The number of nitrogens with two attached hydrogens (primary N) is 1. The first-order chi connectivity index (χ1) is 9.74. The summed E-state index contributed by atoms with van der Waals surface area (Å²) in [5, 5.41) is 3.22. The van der Waals surface area contributed by atoms with E-state index < -0.39 is 0 Å². The van der Waals surface area contributed by atoms with Crippen LogP contribution >= 0.6 is 11.3 Å². The molecule has 0 bridgehead atoms. The van der Waals surface area contributed by atoms with E-state index in [-0.39, 0.29) is 6.04 Å². The van der Waals surface area contributed by atoms with Crippen LogP contribution in [-0.4, -0.2) is 0 Å². The van der Waals surface area contributed by atoms with Gasteiger partial charge in [0, 0.05) is 10.3 Å². The van der Waals surface area contributed by atoms with Crippen LogP contribution in [0.3, 0.4) is 0 Å². The molecule has 0 aliphatic heterocycles. The highest BCUT2D eigenvalue weighted by Gasteiger charge is 2.21. The largest absolute Gasteiger partial charge is 0.459 e. The van der Waals surface area contributed by atoms with E-state index in [2.05, 4.69) is 48.9 Å². The van der Waals surface area contributed by atoms with Gasteiger partial charge in [0.1, 0.15) is 17.4 Å². The van der Waals surface area contributed by atoms with Crippen LogP contribution in [0.15, 0.2) is 40.1 Å².